The number of sulfonamides is 1. The predicted molar refractivity (Wildman–Crippen MR) is 117 cm³/mol. The molecular formula is C20H23ClFN5O3S. The number of carbonyl (C=O) groups is 1. The highest BCUT2D eigenvalue weighted by atomic mass is 35.5. The van der Waals surface area contributed by atoms with Gasteiger partial charge in [-0.3, -0.25) is 10.2 Å². The summed E-state index contributed by atoms with van der Waals surface area (Å²) in [5, 5.41) is 13.8. The molecule has 1 aromatic rings. The summed E-state index contributed by atoms with van der Waals surface area (Å²) in [7, 11) is -2.55. The van der Waals surface area contributed by atoms with E-state index in [1.807, 2.05) is 0 Å². The maximum atomic E-state index is 15.0. The SMILES string of the molecule is C=C(/C(F)=C\C=C(/C)NC(=O)c1ccc(Cl)cn1)[C@@]1(C)NC(=N)N(C)S(=O)(=O)C12CC2. The van der Waals surface area contributed by atoms with Gasteiger partial charge >= 0.3 is 0 Å². The average molecular weight is 468 g/mol. The molecular weight excluding hydrogens is 445 g/mol. The third-order valence-electron chi connectivity index (χ3n) is 5.80. The van der Waals surface area contributed by atoms with Crippen molar-refractivity contribution in [3.05, 3.63) is 64.9 Å². The van der Waals surface area contributed by atoms with Crippen molar-refractivity contribution in [1.29, 1.82) is 5.41 Å². The first-order valence-corrected chi connectivity index (χ1v) is 11.2. The lowest BCUT2D eigenvalue weighted by Crippen LogP contribution is -2.70. The minimum absolute atomic E-state index is 0.0823. The molecule has 1 spiro atoms. The van der Waals surface area contributed by atoms with Gasteiger partial charge in [-0.25, -0.2) is 22.1 Å². The van der Waals surface area contributed by atoms with E-state index >= 15 is 0 Å². The molecule has 0 bridgehead atoms. The second-order valence-electron chi connectivity index (χ2n) is 7.72. The van der Waals surface area contributed by atoms with Crippen LogP contribution in [0.4, 0.5) is 4.39 Å². The molecule has 11 heteroatoms. The fraction of sp³-hybridized carbons (Fsp3) is 0.350. The second kappa shape index (κ2) is 7.76. The quantitative estimate of drug-likeness (QED) is 0.576. The summed E-state index contributed by atoms with van der Waals surface area (Å²) >= 11 is 5.75. The van der Waals surface area contributed by atoms with Gasteiger partial charge in [0.25, 0.3) is 5.91 Å². The summed E-state index contributed by atoms with van der Waals surface area (Å²) in [5.41, 5.74) is -0.976. The van der Waals surface area contributed by atoms with Crippen LogP contribution in [0.25, 0.3) is 0 Å². The van der Waals surface area contributed by atoms with E-state index in [9.17, 15) is 17.6 Å². The molecule has 1 aromatic heterocycles. The first-order chi connectivity index (χ1) is 14.4. The third kappa shape index (κ3) is 3.74. The number of nitrogens with zero attached hydrogens (tertiary/aromatic N) is 2. The zero-order valence-electron chi connectivity index (χ0n) is 17.3. The van der Waals surface area contributed by atoms with Gasteiger partial charge in [0, 0.05) is 24.5 Å². The molecule has 3 rings (SSSR count). The molecule has 0 aromatic carbocycles. The summed E-state index contributed by atoms with van der Waals surface area (Å²) in [4.78, 5) is 16.1. The van der Waals surface area contributed by atoms with Gasteiger partial charge in [0.2, 0.25) is 16.0 Å². The van der Waals surface area contributed by atoms with Gasteiger partial charge in [-0.15, -0.1) is 0 Å². The molecule has 2 aliphatic rings. The van der Waals surface area contributed by atoms with E-state index in [0.29, 0.717) is 23.6 Å². The molecule has 1 atom stereocenters. The first-order valence-electron chi connectivity index (χ1n) is 9.38. The summed E-state index contributed by atoms with van der Waals surface area (Å²) in [6.07, 6.45) is 4.45. The molecule has 1 amide bonds. The van der Waals surface area contributed by atoms with Gasteiger partial charge in [-0.05, 0) is 51.0 Å². The Morgan fingerprint density at radius 2 is 2.06 bits per heavy atom. The van der Waals surface area contributed by atoms with E-state index in [1.165, 1.54) is 31.5 Å². The van der Waals surface area contributed by atoms with Crippen molar-refractivity contribution in [3.63, 3.8) is 0 Å². The number of aromatic nitrogens is 1. The minimum Gasteiger partial charge on any atom is -0.345 e. The number of guanidine groups is 1. The lowest BCUT2D eigenvalue weighted by molar-refractivity contribution is 0.0961. The molecule has 2 fully saturated rings. The van der Waals surface area contributed by atoms with E-state index in [1.54, 1.807) is 13.8 Å². The van der Waals surface area contributed by atoms with Crippen LogP contribution in [-0.2, 0) is 10.0 Å². The molecule has 3 N–H and O–H groups in total. The summed E-state index contributed by atoms with van der Waals surface area (Å²) in [6.45, 7) is 6.89. The first kappa shape index (κ1) is 23.0. The van der Waals surface area contributed by atoms with E-state index < -0.39 is 32.0 Å². The lowest BCUT2D eigenvalue weighted by Gasteiger charge is -2.47. The molecule has 1 aliphatic heterocycles. The second-order valence-corrected chi connectivity index (χ2v) is 10.4. The standard InChI is InChI=1S/C20H23ClFN5O3S/c1-12(25-17(28)16-8-6-14(21)11-24-16)5-7-15(22)13(2)19(3)20(9-10-20)31(29,30)27(4)18(23)26-19/h5-8,11H,2,9-10H2,1,3-4H3,(H2,23,26)(H,25,28)/b12-5+,15-7+/t19-/m1/s1. The number of allylic oxidation sites excluding steroid dienone is 3. The van der Waals surface area contributed by atoms with Gasteiger partial charge in [-0.1, -0.05) is 18.2 Å². The largest absolute Gasteiger partial charge is 0.345 e. The highest BCUT2D eigenvalue weighted by Gasteiger charge is 2.71. The van der Waals surface area contributed by atoms with Crippen LogP contribution < -0.4 is 10.6 Å². The van der Waals surface area contributed by atoms with Gasteiger partial charge in [0.15, 0.2) is 0 Å². The number of hydrogen-bond donors (Lipinski definition) is 3. The Bertz CT molecular complexity index is 1130. The Balaban J connectivity index is 1.79. The van der Waals surface area contributed by atoms with Crippen LogP contribution in [0.2, 0.25) is 5.02 Å². The van der Waals surface area contributed by atoms with Crippen molar-refractivity contribution in [3.8, 4) is 0 Å². The third-order valence-corrected chi connectivity index (χ3v) is 8.73. The monoisotopic (exact) mass is 467 g/mol. The number of carbonyl (C=O) groups excluding carboxylic acids is 1. The number of rotatable bonds is 5. The van der Waals surface area contributed by atoms with E-state index in [-0.39, 0.29) is 17.2 Å². The van der Waals surface area contributed by atoms with Crippen LogP contribution in [0.5, 0.6) is 0 Å². The zero-order valence-corrected chi connectivity index (χ0v) is 18.9. The highest BCUT2D eigenvalue weighted by Crippen LogP contribution is 2.57. The molecule has 2 heterocycles. The van der Waals surface area contributed by atoms with Gasteiger partial charge in [0.05, 0.1) is 10.6 Å². The number of pyridine rings is 1. The van der Waals surface area contributed by atoms with Crippen molar-refractivity contribution in [2.45, 2.75) is 37.0 Å². The molecule has 0 unspecified atom stereocenters. The molecule has 0 radical (unpaired) electrons. The molecule has 166 valence electrons. The summed E-state index contributed by atoms with van der Waals surface area (Å²) in [5.74, 6) is -1.59. The Labute approximate surface area is 185 Å². The molecule has 31 heavy (non-hydrogen) atoms. The molecule has 1 saturated heterocycles. The van der Waals surface area contributed by atoms with E-state index in [4.69, 9.17) is 17.0 Å². The average Bonchev–Trinajstić information content (AvgIpc) is 3.53. The van der Waals surface area contributed by atoms with Crippen LogP contribution >= 0.6 is 11.6 Å². The van der Waals surface area contributed by atoms with E-state index in [2.05, 4.69) is 22.2 Å². The van der Waals surface area contributed by atoms with E-state index in [0.717, 1.165) is 10.4 Å². The van der Waals surface area contributed by atoms with Crippen molar-refractivity contribution in [2.75, 3.05) is 7.05 Å². The number of amides is 1. The number of hydrogen-bond acceptors (Lipinski definition) is 5. The van der Waals surface area contributed by atoms with Crippen LogP contribution in [0.3, 0.4) is 0 Å². The Kier molecular flexibility index (Phi) is 5.74. The van der Waals surface area contributed by atoms with Gasteiger partial charge in [0.1, 0.15) is 16.3 Å². The topological polar surface area (TPSA) is 115 Å². The van der Waals surface area contributed by atoms with Gasteiger partial charge < -0.3 is 10.6 Å². The Hall–Kier alpha value is -2.72. The zero-order chi connectivity index (χ0) is 23.2. The van der Waals surface area contributed by atoms with Crippen LogP contribution in [0.1, 0.15) is 37.2 Å². The summed E-state index contributed by atoms with van der Waals surface area (Å²) in [6, 6.07) is 2.99. The molecule has 1 saturated carbocycles. The van der Waals surface area contributed by atoms with Gasteiger partial charge in [-0.2, -0.15) is 0 Å². The maximum absolute atomic E-state index is 15.0. The Morgan fingerprint density at radius 3 is 2.61 bits per heavy atom. The van der Waals surface area contributed by atoms with Crippen molar-refractivity contribution >= 4 is 33.5 Å². The lowest BCUT2D eigenvalue weighted by atomic mass is 9.85. The maximum Gasteiger partial charge on any atom is 0.273 e. The number of nitrogens with one attached hydrogen (secondary N) is 3. The molecule has 1 aliphatic carbocycles. The minimum atomic E-state index is -3.84. The van der Waals surface area contributed by atoms with Crippen LogP contribution in [0, 0.1) is 5.41 Å². The van der Waals surface area contributed by atoms with Crippen molar-refractivity contribution in [1.82, 2.24) is 19.9 Å². The van der Waals surface area contributed by atoms with Crippen molar-refractivity contribution < 1.29 is 17.6 Å². The summed E-state index contributed by atoms with van der Waals surface area (Å²) < 4.78 is 40.4. The van der Waals surface area contributed by atoms with Crippen molar-refractivity contribution in [2.24, 2.45) is 0 Å². The fourth-order valence-electron chi connectivity index (χ4n) is 3.62. The highest BCUT2D eigenvalue weighted by molar-refractivity contribution is 7.91. The van der Waals surface area contributed by atoms with Crippen LogP contribution in [-0.4, -0.2) is 46.9 Å². The molecule has 8 nitrogen and oxygen atoms in total. The number of halogens is 2. The Morgan fingerprint density at radius 1 is 1.42 bits per heavy atom. The predicted octanol–water partition coefficient (Wildman–Crippen LogP) is 2.87. The smallest absolute Gasteiger partial charge is 0.273 e. The normalized spacial score (nSPS) is 24.5. The van der Waals surface area contributed by atoms with Crippen LogP contribution in [0.15, 0.2) is 54.2 Å². The fourth-order valence-corrected chi connectivity index (χ4v) is 5.85.